The zero-order chi connectivity index (χ0) is 21.2. The first-order valence-corrected chi connectivity index (χ1v) is 6.24. The van der Waals surface area contributed by atoms with Crippen LogP contribution in [0.5, 0.6) is 0 Å². The predicted octanol–water partition coefficient (Wildman–Crippen LogP) is 6.31. The molecule has 0 aromatic heterocycles. The molecule has 1 nitrogen and oxygen atoms in total. The summed E-state index contributed by atoms with van der Waals surface area (Å²) in [4.78, 5) is 0. The molecule has 26 heavy (non-hydrogen) atoms. The molecule has 0 radical (unpaired) electrons. The van der Waals surface area contributed by atoms with E-state index in [0.29, 0.717) is 0 Å². The zero-order valence-electron chi connectivity index (χ0n) is 12.0. The summed E-state index contributed by atoms with van der Waals surface area (Å²) in [6.07, 6.45) is -28.7. The summed E-state index contributed by atoms with van der Waals surface area (Å²) >= 11 is 0. The molecule has 15 heteroatoms. The summed E-state index contributed by atoms with van der Waals surface area (Å²) in [6.45, 7) is -1.66. The van der Waals surface area contributed by atoms with Gasteiger partial charge >= 0.3 is 30.6 Å². The fraction of sp³-hybridized carbons (Fsp3) is 0.818. The molecule has 0 saturated heterocycles. The third kappa shape index (κ3) is 7.05. The Bertz CT molecular complexity index is 473. The lowest BCUT2D eigenvalue weighted by Crippen LogP contribution is -2.43. The second-order valence-corrected chi connectivity index (χ2v) is 4.69. The van der Waals surface area contributed by atoms with Crippen LogP contribution >= 0.6 is 0 Å². The van der Waals surface area contributed by atoms with E-state index >= 15 is 0 Å². The van der Waals surface area contributed by atoms with E-state index in [4.69, 9.17) is 0 Å². The van der Waals surface area contributed by atoms with Crippen molar-refractivity contribution in [2.24, 2.45) is 0 Å². The van der Waals surface area contributed by atoms with Crippen molar-refractivity contribution in [2.75, 3.05) is 6.61 Å². The van der Waals surface area contributed by atoms with E-state index in [2.05, 4.69) is 4.74 Å². The molecule has 0 aliphatic carbocycles. The highest BCUT2D eigenvalue weighted by Gasteiger charge is 2.67. The third-order valence-electron chi connectivity index (χ3n) is 2.54. The first kappa shape index (κ1) is 24.6. The van der Waals surface area contributed by atoms with Crippen LogP contribution in [0.1, 0.15) is 19.3 Å². The van der Waals surface area contributed by atoms with Crippen LogP contribution in [0.4, 0.5) is 61.5 Å². The Kier molecular flexibility index (Phi) is 7.24. The minimum atomic E-state index is -6.88. The van der Waals surface area contributed by atoms with Crippen molar-refractivity contribution in [1.82, 2.24) is 0 Å². The van der Waals surface area contributed by atoms with E-state index < -0.39 is 67.8 Å². The molecule has 0 saturated carbocycles. The minimum Gasteiger partial charge on any atom is -0.491 e. The molecule has 0 unspecified atom stereocenters. The Balaban J connectivity index is 5.82. The molecule has 0 aliphatic rings. The third-order valence-corrected chi connectivity index (χ3v) is 2.54. The molecule has 0 atom stereocenters. The lowest BCUT2D eigenvalue weighted by molar-refractivity contribution is -0.282. The van der Waals surface area contributed by atoms with E-state index in [0.717, 1.165) is 0 Å². The highest BCUT2D eigenvalue weighted by molar-refractivity contribution is 5.26. The number of ether oxygens (including phenoxy) is 1. The van der Waals surface area contributed by atoms with Gasteiger partial charge in [-0.25, -0.2) is 0 Å². The number of allylic oxidation sites excluding steroid dienone is 2. The maximum Gasteiger partial charge on any atom is 0.461 e. The van der Waals surface area contributed by atoms with E-state index in [-0.39, 0.29) is 0 Å². The lowest BCUT2D eigenvalue weighted by Gasteiger charge is -2.27. The van der Waals surface area contributed by atoms with Gasteiger partial charge in [-0.3, -0.25) is 0 Å². The van der Waals surface area contributed by atoms with Crippen molar-refractivity contribution in [3.63, 3.8) is 0 Å². The van der Waals surface area contributed by atoms with Crippen LogP contribution in [-0.4, -0.2) is 37.2 Å². The van der Waals surface area contributed by atoms with E-state index in [9.17, 15) is 61.5 Å². The van der Waals surface area contributed by atoms with Gasteiger partial charge in [0, 0.05) is 6.42 Å². The summed E-state index contributed by atoms with van der Waals surface area (Å²) in [5.41, 5.74) is -4.23. The second kappa shape index (κ2) is 7.66. The van der Waals surface area contributed by atoms with Crippen LogP contribution < -0.4 is 0 Å². The van der Waals surface area contributed by atoms with Crippen LogP contribution in [0.15, 0.2) is 11.3 Å². The molecular formula is C11H8F14O. The summed E-state index contributed by atoms with van der Waals surface area (Å²) in [7, 11) is 0. The first-order chi connectivity index (χ1) is 11.2. The van der Waals surface area contributed by atoms with E-state index in [1.54, 1.807) is 0 Å². The van der Waals surface area contributed by atoms with Gasteiger partial charge in [0.2, 0.25) is 0 Å². The zero-order valence-corrected chi connectivity index (χ0v) is 12.0. The van der Waals surface area contributed by atoms with Gasteiger partial charge in [0.05, 0.1) is 6.61 Å². The van der Waals surface area contributed by atoms with Gasteiger partial charge in [-0.15, -0.1) is 0 Å². The fourth-order valence-corrected chi connectivity index (χ4v) is 1.47. The number of hydrogen-bond donors (Lipinski definition) is 0. The molecule has 0 aromatic rings. The summed E-state index contributed by atoms with van der Waals surface area (Å²) < 4.78 is 176. The van der Waals surface area contributed by atoms with Crippen LogP contribution in [0, 0.1) is 0 Å². The van der Waals surface area contributed by atoms with E-state index in [1.807, 2.05) is 0 Å². The molecule has 0 spiro atoms. The molecule has 0 N–H and O–H groups in total. The quantitative estimate of drug-likeness (QED) is 0.277. The fourth-order valence-electron chi connectivity index (χ4n) is 1.47. The minimum absolute atomic E-state index is 0.984. The van der Waals surface area contributed by atoms with Crippen molar-refractivity contribution in [2.45, 2.75) is 49.9 Å². The van der Waals surface area contributed by atoms with Gasteiger partial charge in [0.15, 0.2) is 11.3 Å². The molecular weight excluding hydrogens is 414 g/mol. The highest BCUT2D eigenvalue weighted by Crippen LogP contribution is 2.49. The molecule has 0 bridgehead atoms. The Hall–Kier alpha value is -1.44. The lowest BCUT2D eigenvalue weighted by atomic mass is 10.1. The number of hydrogen-bond acceptors (Lipinski definition) is 1. The van der Waals surface area contributed by atoms with Gasteiger partial charge in [-0.2, -0.15) is 61.5 Å². The number of unbranched alkanes of at least 4 members (excludes halogenated alkanes) is 1. The molecule has 0 rings (SSSR count). The average molecular weight is 422 g/mol. The normalized spacial score (nSPS) is 14.4. The van der Waals surface area contributed by atoms with Crippen LogP contribution in [0.2, 0.25) is 0 Å². The highest BCUT2D eigenvalue weighted by atomic mass is 19.4. The van der Waals surface area contributed by atoms with Crippen LogP contribution in [0.25, 0.3) is 0 Å². The molecule has 0 amide bonds. The number of rotatable bonds is 6. The average Bonchev–Trinajstić information content (AvgIpc) is 2.30. The molecule has 0 fully saturated rings. The largest absolute Gasteiger partial charge is 0.491 e. The van der Waals surface area contributed by atoms with Gasteiger partial charge in [0.1, 0.15) is 0 Å². The summed E-state index contributed by atoms with van der Waals surface area (Å²) in [5.74, 6) is -10.4. The predicted molar refractivity (Wildman–Crippen MR) is 56.0 cm³/mol. The maximum absolute atomic E-state index is 13.1. The summed E-state index contributed by atoms with van der Waals surface area (Å²) in [5, 5.41) is 0. The Morgan fingerprint density at radius 3 is 1.35 bits per heavy atom. The Morgan fingerprint density at radius 2 is 1.04 bits per heavy atom. The van der Waals surface area contributed by atoms with Gasteiger partial charge in [-0.1, -0.05) is 0 Å². The van der Waals surface area contributed by atoms with Gasteiger partial charge < -0.3 is 4.74 Å². The number of alkyl halides is 14. The Labute approximate surface area is 135 Å². The van der Waals surface area contributed by atoms with Crippen molar-refractivity contribution in [3.8, 4) is 0 Å². The van der Waals surface area contributed by atoms with Crippen molar-refractivity contribution < 1.29 is 66.2 Å². The molecule has 0 aromatic carbocycles. The van der Waals surface area contributed by atoms with Gasteiger partial charge in [-0.05, 0) is 12.8 Å². The maximum atomic E-state index is 13.1. The standard InChI is InChI=1S/C11H8F14O/c12-7(13,14)3-1-2-4-26-6(8(15,16)11(23,24)25)5(9(17,18)19)10(20,21)22/h1-4H2. The smallest absolute Gasteiger partial charge is 0.461 e. The van der Waals surface area contributed by atoms with Gasteiger partial charge in [0.25, 0.3) is 0 Å². The summed E-state index contributed by atoms with van der Waals surface area (Å²) in [6, 6.07) is 0. The van der Waals surface area contributed by atoms with E-state index in [1.165, 1.54) is 0 Å². The monoisotopic (exact) mass is 422 g/mol. The first-order valence-electron chi connectivity index (χ1n) is 6.24. The molecule has 156 valence electrons. The molecule has 0 heterocycles. The van der Waals surface area contributed by atoms with Crippen LogP contribution in [0.3, 0.4) is 0 Å². The Morgan fingerprint density at radius 1 is 0.615 bits per heavy atom. The topological polar surface area (TPSA) is 9.23 Å². The van der Waals surface area contributed by atoms with Crippen molar-refractivity contribution in [1.29, 1.82) is 0 Å². The van der Waals surface area contributed by atoms with Crippen molar-refractivity contribution >= 4 is 0 Å². The SMILES string of the molecule is FC(F)(F)CCCCOC(=C(C(F)(F)F)C(F)(F)F)C(F)(F)C(F)(F)F. The second-order valence-electron chi connectivity index (χ2n) is 4.69. The molecule has 0 aliphatic heterocycles. The number of halogens is 14. The van der Waals surface area contributed by atoms with Crippen molar-refractivity contribution in [3.05, 3.63) is 11.3 Å². The van der Waals surface area contributed by atoms with Crippen LogP contribution in [-0.2, 0) is 4.74 Å².